The summed E-state index contributed by atoms with van der Waals surface area (Å²) in [4.78, 5) is 32.6. The zero-order chi connectivity index (χ0) is 23.7. The molecular formula is C20H17F4N5O3. The molecule has 0 bridgehead atoms. The van der Waals surface area contributed by atoms with Gasteiger partial charge in [-0.1, -0.05) is 6.07 Å². The first-order chi connectivity index (χ1) is 14.8. The summed E-state index contributed by atoms with van der Waals surface area (Å²) in [5.41, 5.74) is -4.62. The Balaban J connectivity index is 2.19. The van der Waals surface area contributed by atoms with E-state index in [2.05, 4.69) is 20.4 Å². The van der Waals surface area contributed by atoms with E-state index >= 15 is 0 Å². The quantitative estimate of drug-likeness (QED) is 0.577. The molecular weight excluding hydrogens is 434 g/mol. The van der Waals surface area contributed by atoms with Crippen LogP contribution in [0.5, 0.6) is 0 Å². The van der Waals surface area contributed by atoms with E-state index in [9.17, 15) is 32.3 Å². The van der Waals surface area contributed by atoms with Crippen molar-refractivity contribution in [2.24, 2.45) is 0 Å². The van der Waals surface area contributed by atoms with E-state index in [1.807, 2.05) is 0 Å². The highest BCUT2D eigenvalue weighted by Gasteiger charge is 2.32. The second kappa shape index (κ2) is 8.46. The third kappa shape index (κ3) is 5.32. The highest BCUT2D eigenvalue weighted by atomic mass is 19.4. The molecule has 0 saturated heterocycles. The number of pyridine rings is 2. The molecule has 3 rings (SSSR count). The second-order valence-corrected chi connectivity index (χ2v) is 7.42. The molecule has 1 amide bonds. The average Bonchev–Trinajstić information content (AvgIpc) is 2.71. The molecule has 0 aliphatic carbocycles. The van der Waals surface area contributed by atoms with Crippen LogP contribution in [0.3, 0.4) is 0 Å². The molecule has 0 fully saturated rings. The van der Waals surface area contributed by atoms with Gasteiger partial charge in [0, 0.05) is 12.6 Å². The number of amides is 1. The van der Waals surface area contributed by atoms with Crippen LogP contribution in [0, 0.1) is 5.82 Å². The highest BCUT2D eigenvalue weighted by molar-refractivity contribution is 5.94. The Morgan fingerprint density at radius 3 is 2.50 bits per heavy atom. The first-order valence-corrected chi connectivity index (χ1v) is 9.16. The van der Waals surface area contributed by atoms with Gasteiger partial charge in [0.1, 0.15) is 22.8 Å². The van der Waals surface area contributed by atoms with Crippen molar-refractivity contribution >= 4 is 5.91 Å². The summed E-state index contributed by atoms with van der Waals surface area (Å²) < 4.78 is 53.5. The fourth-order valence-corrected chi connectivity index (χ4v) is 2.60. The molecule has 168 valence electrons. The second-order valence-electron chi connectivity index (χ2n) is 7.42. The lowest BCUT2D eigenvalue weighted by Crippen LogP contribution is -2.41. The molecule has 0 unspecified atom stereocenters. The monoisotopic (exact) mass is 451 g/mol. The Morgan fingerprint density at radius 2 is 1.88 bits per heavy atom. The number of carbonyl (C=O) groups excluding carboxylic acids is 1. The lowest BCUT2D eigenvalue weighted by atomic mass is 10.1. The molecule has 0 spiro atoms. The normalized spacial score (nSPS) is 12.0. The molecule has 2 N–H and O–H groups in total. The highest BCUT2D eigenvalue weighted by Crippen LogP contribution is 2.29. The number of nitrogens with zero attached hydrogens (tertiary/aromatic N) is 4. The Labute approximate surface area is 178 Å². The third-order valence-electron chi connectivity index (χ3n) is 4.07. The van der Waals surface area contributed by atoms with Crippen LogP contribution in [0.1, 0.15) is 29.9 Å². The minimum atomic E-state index is -4.73. The molecule has 0 aliphatic rings. The smallest absolute Gasteiger partial charge is 0.389 e. The number of nitrogens with one attached hydrogen (secondary N) is 1. The minimum Gasteiger partial charge on any atom is -0.389 e. The van der Waals surface area contributed by atoms with Gasteiger partial charge in [0.05, 0.1) is 29.4 Å². The van der Waals surface area contributed by atoms with Crippen LogP contribution in [0.4, 0.5) is 17.6 Å². The Bertz CT molecular complexity index is 1220. The molecule has 3 aromatic rings. The summed E-state index contributed by atoms with van der Waals surface area (Å²) >= 11 is 0. The molecule has 12 heteroatoms. The van der Waals surface area contributed by atoms with E-state index in [0.29, 0.717) is 4.68 Å². The van der Waals surface area contributed by atoms with Crippen LogP contribution in [0.25, 0.3) is 17.1 Å². The Kier molecular flexibility index (Phi) is 6.08. The van der Waals surface area contributed by atoms with Crippen LogP contribution in [0.15, 0.2) is 47.5 Å². The predicted octanol–water partition coefficient (Wildman–Crippen LogP) is 2.35. The van der Waals surface area contributed by atoms with E-state index in [1.54, 1.807) is 0 Å². The average molecular weight is 451 g/mol. The Morgan fingerprint density at radius 1 is 1.16 bits per heavy atom. The molecule has 8 nitrogen and oxygen atoms in total. The van der Waals surface area contributed by atoms with Gasteiger partial charge >= 0.3 is 6.18 Å². The minimum absolute atomic E-state index is 0.152. The number of alkyl halides is 3. The van der Waals surface area contributed by atoms with Crippen LogP contribution >= 0.6 is 0 Å². The largest absolute Gasteiger partial charge is 0.433 e. The molecule has 0 radical (unpaired) electrons. The van der Waals surface area contributed by atoms with E-state index in [4.69, 9.17) is 0 Å². The lowest BCUT2D eigenvalue weighted by Gasteiger charge is -2.18. The number of aromatic nitrogens is 4. The van der Waals surface area contributed by atoms with Gasteiger partial charge in [0.25, 0.3) is 11.5 Å². The fraction of sp³-hybridized carbons (Fsp3) is 0.250. The molecule has 0 aliphatic heterocycles. The van der Waals surface area contributed by atoms with Gasteiger partial charge in [0.2, 0.25) is 0 Å². The first kappa shape index (κ1) is 23.0. The van der Waals surface area contributed by atoms with Gasteiger partial charge in [-0.15, -0.1) is 0 Å². The van der Waals surface area contributed by atoms with E-state index in [-0.39, 0.29) is 23.6 Å². The zero-order valence-corrected chi connectivity index (χ0v) is 16.8. The van der Waals surface area contributed by atoms with E-state index < -0.39 is 40.3 Å². The Hall–Kier alpha value is -3.67. The maximum absolute atomic E-state index is 13.7. The molecule has 0 atom stereocenters. The summed E-state index contributed by atoms with van der Waals surface area (Å²) in [7, 11) is 0. The molecule has 3 aromatic heterocycles. The zero-order valence-electron chi connectivity index (χ0n) is 16.8. The number of hydrogen-bond donors (Lipinski definition) is 2. The van der Waals surface area contributed by atoms with E-state index in [0.717, 1.165) is 36.7 Å². The van der Waals surface area contributed by atoms with Gasteiger partial charge in [0.15, 0.2) is 0 Å². The maximum Gasteiger partial charge on any atom is 0.433 e. The van der Waals surface area contributed by atoms with E-state index in [1.165, 1.54) is 19.9 Å². The molecule has 0 saturated carbocycles. The van der Waals surface area contributed by atoms with Crippen LogP contribution in [-0.2, 0) is 6.18 Å². The summed E-state index contributed by atoms with van der Waals surface area (Å²) in [6.07, 6.45) is -2.76. The number of aliphatic hydroxyl groups is 1. The van der Waals surface area contributed by atoms with Crippen molar-refractivity contribution in [3.8, 4) is 17.1 Å². The summed E-state index contributed by atoms with van der Waals surface area (Å²) in [5.74, 6) is -1.71. The maximum atomic E-state index is 13.7. The van der Waals surface area contributed by atoms with Crippen molar-refractivity contribution < 1.29 is 27.5 Å². The van der Waals surface area contributed by atoms with Crippen molar-refractivity contribution in [2.45, 2.75) is 25.6 Å². The summed E-state index contributed by atoms with van der Waals surface area (Å²) in [5, 5.41) is 16.1. The van der Waals surface area contributed by atoms with Crippen molar-refractivity contribution in [1.82, 2.24) is 25.1 Å². The van der Waals surface area contributed by atoms with Crippen molar-refractivity contribution in [1.29, 1.82) is 0 Å². The lowest BCUT2D eigenvalue weighted by molar-refractivity contribution is -0.141. The molecule has 0 aromatic carbocycles. The number of halogens is 4. The number of carbonyl (C=O) groups is 1. The van der Waals surface area contributed by atoms with Crippen molar-refractivity contribution in [3.05, 3.63) is 70.2 Å². The van der Waals surface area contributed by atoms with Gasteiger partial charge in [-0.05, 0) is 32.0 Å². The van der Waals surface area contributed by atoms with Crippen molar-refractivity contribution in [3.63, 3.8) is 0 Å². The summed E-state index contributed by atoms with van der Waals surface area (Å²) in [6, 6.07) is 4.97. The van der Waals surface area contributed by atoms with Crippen molar-refractivity contribution in [2.75, 3.05) is 6.54 Å². The van der Waals surface area contributed by atoms with Crippen LogP contribution in [0.2, 0.25) is 0 Å². The van der Waals surface area contributed by atoms with Crippen LogP contribution < -0.4 is 10.9 Å². The number of rotatable bonds is 5. The third-order valence-corrected chi connectivity index (χ3v) is 4.07. The summed E-state index contributed by atoms with van der Waals surface area (Å²) in [6.45, 7) is 2.63. The van der Waals surface area contributed by atoms with Crippen LogP contribution in [-0.4, -0.2) is 42.9 Å². The predicted molar refractivity (Wildman–Crippen MR) is 104 cm³/mol. The fourth-order valence-electron chi connectivity index (χ4n) is 2.60. The van der Waals surface area contributed by atoms with Gasteiger partial charge < -0.3 is 10.4 Å². The van der Waals surface area contributed by atoms with Gasteiger partial charge in [-0.3, -0.25) is 14.6 Å². The molecule has 3 heterocycles. The van der Waals surface area contributed by atoms with Gasteiger partial charge in [-0.2, -0.15) is 23.0 Å². The first-order valence-electron chi connectivity index (χ1n) is 9.16. The van der Waals surface area contributed by atoms with Gasteiger partial charge in [-0.25, -0.2) is 9.37 Å². The topological polar surface area (TPSA) is 110 Å². The standard InChI is InChI=1S/C20H17F4N5O3/c1-19(2,32)10-26-17(30)13-7-15(14-4-3-5-16(27-14)20(22,23)24)28-29(18(13)31)12-6-11(21)8-25-9-12/h3-9,32H,10H2,1-2H3,(H,26,30). The SMILES string of the molecule is CC(C)(O)CNC(=O)c1cc(-c2cccc(C(F)(F)F)n2)nn(-c2cncc(F)c2)c1=O. The molecule has 32 heavy (non-hydrogen) atoms. The number of hydrogen-bond acceptors (Lipinski definition) is 6.